The topological polar surface area (TPSA) is 97.3 Å². The number of aliphatic imine (C=N–C) groups is 2. The van der Waals surface area contributed by atoms with Gasteiger partial charge in [0.2, 0.25) is 0 Å². The maximum absolute atomic E-state index is 11.6. The van der Waals surface area contributed by atoms with Crippen LogP contribution in [0.25, 0.3) is 0 Å². The lowest BCUT2D eigenvalue weighted by Crippen LogP contribution is -2.42. The van der Waals surface area contributed by atoms with Crippen LogP contribution < -0.4 is 5.73 Å². The van der Waals surface area contributed by atoms with Crippen LogP contribution in [0, 0.1) is 0 Å². The van der Waals surface area contributed by atoms with E-state index in [0.29, 0.717) is 0 Å². The molecule has 1 unspecified atom stereocenters. The Kier molecular flexibility index (Phi) is 3.91. The summed E-state index contributed by atoms with van der Waals surface area (Å²) in [6, 6.07) is 0.138. The predicted molar refractivity (Wildman–Crippen MR) is 70.5 cm³/mol. The van der Waals surface area contributed by atoms with Gasteiger partial charge in [-0.15, -0.1) is 0 Å². The van der Waals surface area contributed by atoms with Crippen LogP contribution in [0.5, 0.6) is 0 Å². The van der Waals surface area contributed by atoms with E-state index in [9.17, 15) is 9.90 Å². The van der Waals surface area contributed by atoms with Gasteiger partial charge in [0.15, 0.2) is 5.17 Å². The Balaban J connectivity index is 2.21. The molecule has 2 rings (SSSR count). The van der Waals surface area contributed by atoms with Crippen molar-refractivity contribution in [3.63, 3.8) is 0 Å². The molecule has 0 spiro atoms. The first kappa shape index (κ1) is 13.4. The second-order valence-electron chi connectivity index (χ2n) is 4.44. The van der Waals surface area contributed by atoms with Gasteiger partial charge in [0, 0.05) is 0 Å². The summed E-state index contributed by atoms with van der Waals surface area (Å²) in [7, 11) is 1.20. The summed E-state index contributed by atoms with van der Waals surface area (Å²) < 4.78 is 4.56. The van der Waals surface area contributed by atoms with Crippen molar-refractivity contribution in [1.29, 1.82) is 0 Å². The number of hydrogen-bond acceptors (Lipinski definition) is 7. The first-order valence-corrected chi connectivity index (χ1v) is 6.80. The maximum Gasteiger partial charge on any atom is 0.368 e. The van der Waals surface area contributed by atoms with Gasteiger partial charge in [0.25, 0.3) is 0 Å². The number of hydrogen-bond donors (Lipinski definition) is 2. The molecule has 1 saturated carbocycles. The molecule has 2 aliphatic rings. The van der Waals surface area contributed by atoms with Crippen molar-refractivity contribution in [2.75, 3.05) is 7.11 Å². The lowest BCUT2D eigenvalue weighted by Gasteiger charge is -2.21. The minimum Gasteiger partial charge on any atom is -0.465 e. The highest BCUT2D eigenvalue weighted by Gasteiger charge is 2.48. The smallest absolute Gasteiger partial charge is 0.368 e. The van der Waals surface area contributed by atoms with Gasteiger partial charge in [-0.25, -0.2) is 9.79 Å². The monoisotopic (exact) mass is 271 g/mol. The van der Waals surface area contributed by atoms with E-state index in [4.69, 9.17) is 5.73 Å². The zero-order valence-electron chi connectivity index (χ0n) is 10.3. The number of nitrogens with zero attached hydrogens (tertiary/aromatic N) is 2. The quantitative estimate of drug-likeness (QED) is 0.718. The second kappa shape index (κ2) is 5.27. The lowest BCUT2D eigenvalue weighted by atomic mass is 9.96. The zero-order chi connectivity index (χ0) is 13.2. The van der Waals surface area contributed by atoms with Crippen molar-refractivity contribution in [3.05, 3.63) is 0 Å². The molecule has 1 aliphatic carbocycles. The van der Waals surface area contributed by atoms with E-state index >= 15 is 0 Å². The molecule has 7 heteroatoms. The highest BCUT2D eigenvalue weighted by Crippen LogP contribution is 2.31. The van der Waals surface area contributed by atoms with Crippen LogP contribution in [0.15, 0.2) is 9.98 Å². The summed E-state index contributed by atoms with van der Waals surface area (Å²) >= 11 is 1.04. The number of carbonyl (C=O) groups excluding carboxylic acids is 1. The summed E-state index contributed by atoms with van der Waals surface area (Å²) in [6.45, 7) is 0. The molecule has 3 N–H and O–H groups in total. The summed E-state index contributed by atoms with van der Waals surface area (Å²) in [6.07, 6.45) is 5.41. The third-order valence-corrected chi connectivity index (χ3v) is 4.00. The number of rotatable bonds is 2. The molecule has 0 radical (unpaired) electrons. The molecule has 0 bridgehead atoms. The van der Waals surface area contributed by atoms with Crippen LogP contribution in [0.3, 0.4) is 0 Å². The number of esters is 1. The van der Waals surface area contributed by atoms with Gasteiger partial charge in [0.05, 0.1) is 13.2 Å². The molecule has 0 aromatic carbocycles. The van der Waals surface area contributed by atoms with Crippen molar-refractivity contribution in [2.24, 2.45) is 15.7 Å². The number of thioether (sulfide) groups is 1. The van der Waals surface area contributed by atoms with E-state index in [-0.39, 0.29) is 16.3 Å². The fourth-order valence-corrected chi connectivity index (χ4v) is 3.02. The van der Waals surface area contributed by atoms with E-state index in [1.54, 1.807) is 0 Å². The van der Waals surface area contributed by atoms with E-state index in [1.807, 2.05) is 0 Å². The van der Waals surface area contributed by atoms with Crippen molar-refractivity contribution >= 4 is 27.9 Å². The number of amidine groups is 1. The van der Waals surface area contributed by atoms with Crippen molar-refractivity contribution in [1.82, 2.24) is 0 Å². The minimum atomic E-state index is -2.04. The molecule has 0 amide bonds. The second-order valence-corrected chi connectivity index (χ2v) is 5.45. The van der Waals surface area contributed by atoms with E-state index < -0.39 is 11.7 Å². The standard InChI is InChI=1S/C11H17N3O3S/c1-17-9(15)11(16)8(18-10(12)14-11)13-7-5-3-2-4-6-7/h7,16H,2-6H2,1H3,(H2,12,14). The first-order chi connectivity index (χ1) is 8.56. The average Bonchev–Trinajstić information content (AvgIpc) is 2.65. The van der Waals surface area contributed by atoms with Gasteiger partial charge in [-0.05, 0) is 24.6 Å². The zero-order valence-corrected chi connectivity index (χ0v) is 11.1. The normalized spacial score (nSPS) is 31.4. The van der Waals surface area contributed by atoms with Crippen LogP contribution in [0.1, 0.15) is 32.1 Å². The van der Waals surface area contributed by atoms with Gasteiger partial charge in [0.1, 0.15) is 5.04 Å². The Morgan fingerprint density at radius 3 is 2.83 bits per heavy atom. The Bertz CT molecular complexity index is 404. The van der Waals surface area contributed by atoms with Crippen LogP contribution >= 0.6 is 11.8 Å². The minimum absolute atomic E-state index is 0.137. The predicted octanol–water partition coefficient (Wildman–Crippen LogP) is 0.641. The Morgan fingerprint density at radius 2 is 2.22 bits per heavy atom. The van der Waals surface area contributed by atoms with E-state index in [1.165, 1.54) is 13.5 Å². The number of nitrogens with two attached hydrogens (primary N) is 1. The fourth-order valence-electron chi connectivity index (χ4n) is 2.17. The highest BCUT2D eigenvalue weighted by atomic mass is 32.2. The van der Waals surface area contributed by atoms with E-state index in [0.717, 1.165) is 37.4 Å². The fraction of sp³-hybridized carbons (Fsp3) is 0.727. The van der Waals surface area contributed by atoms with Gasteiger partial charge >= 0.3 is 11.7 Å². The molecule has 1 atom stereocenters. The molecule has 6 nitrogen and oxygen atoms in total. The van der Waals surface area contributed by atoms with Crippen LogP contribution in [0.2, 0.25) is 0 Å². The van der Waals surface area contributed by atoms with Crippen LogP contribution in [-0.4, -0.2) is 40.2 Å². The Morgan fingerprint density at radius 1 is 1.56 bits per heavy atom. The first-order valence-electron chi connectivity index (χ1n) is 5.98. The summed E-state index contributed by atoms with van der Waals surface area (Å²) in [5.41, 5.74) is 3.52. The average molecular weight is 271 g/mol. The van der Waals surface area contributed by atoms with Gasteiger partial charge in [-0.1, -0.05) is 19.3 Å². The molecular weight excluding hydrogens is 254 g/mol. The van der Waals surface area contributed by atoms with Gasteiger partial charge in [-0.2, -0.15) is 0 Å². The number of ether oxygens (including phenoxy) is 1. The molecule has 1 fully saturated rings. The maximum atomic E-state index is 11.6. The van der Waals surface area contributed by atoms with E-state index in [2.05, 4.69) is 14.7 Å². The third kappa shape index (κ3) is 2.51. The van der Waals surface area contributed by atoms with Crippen LogP contribution in [-0.2, 0) is 9.53 Å². The Labute approximate surface area is 110 Å². The van der Waals surface area contributed by atoms with Crippen LogP contribution in [0.4, 0.5) is 0 Å². The van der Waals surface area contributed by atoms with Crippen molar-refractivity contribution < 1.29 is 14.6 Å². The Hall–Kier alpha value is -1.08. The number of methoxy groups -OCH3 is 1. The molecule has 0 aromatic rings. The van der Waals surface area contributed by atoms with Gasteiger partial charge < -0.3 is 15.6 Å². The summed E-state index contributed by atoms with van der Waals surface area (Å²) in [5, 5.41) is 10.6. The summed E-state index contributed by atoms with van der Waals surface area (Å²) in [5.74, 6) is -0.843. The third-order valence-electron chi connectivity index (χ3n) is 3.12. The molecule has 1 aliphatic heterocycles. The molecule has 0 aromatic heterocycles. The summed E-state index contributed by atoms with van der Waals surface area (Å²) in [4.78, 5) is 19.8. The van der Waals surface area contributed by atoms with Gasteiger partial charge in [-0.3, -0.25) is 4.99 Å². The molecular formula is C11H17N3O3S. The van der Waals surface area contributed by atoms with Crippen molar-refractivity contribution in [3.8, 4) is 0 Å². The molecule has 1 heterocycles. The highest BCUT2D eigenvalue weighted by molar-refractivity contribution is 8.27. The number of carbonyl (C=O) groups is 1. The SMILES string of the molecule is COC(=O)C1(O)N=C(N)SC1=NC1CCCCC1. The molecule has 18 heavy (non-hydrogen) atoms. The lowest BCUT2D eigenvalue weighted by molar-refractivity contribution is -0.154. The largest absolute Gasteiger partial charge is 0.465 e. The molecule has 100 valence electrons. The van der Waals surface area contributed by atoms with Crippen molar-refractivity contribution in [2.45, 2.75) is 43.9 Å². The molecule has 0 saturated heterocycles. The number of aliphatic hydroxyl groups is 1.